The molecule has 1 aromatic heterocycles. The highest BCUT2D eigenvalue weighted by Gasteiger charge is 2.39. The van der Waals surface area contributed by atoms with E-state index in [0.29, 0.717) is 11.3 Å². The molecule has 1 aliphatic carbocycles. The van der Waals surface area contributed by atoms with Crippen LogP contribution in [0.25, 0.3) is 11.0 Å². The predicted molar refractivity (Wildman–Crippen MR) is 79.0 cm³/mol. The summed E-state index contributed by atoms with van der Waals surface area (Å²) in [5.74, 6) is 1.47. The molecule has 0 spiro atoms. The van der Waals surface area contributed by atoms with E-state index in [0.717, 1.165) is 11.3 Å². The van der Waals surface area contributed by atoms with Crippen LogP contribution in [0, 0.1) is 18.3 Å². The summed E-state index contributed by atoms with van der Waals surface area (Å²) >= 11 is 0. The number of fused-ring (bicyclic) bond motifs is 1. The molecule has 1 heterocycles. The fourth-order valence-corrected chi connectivity index (χ4v) is 3.61. The van der Waals surface area contributed by atoms with Crippen molar-refractivity contribution in [2.24, 2.45) is 17.1 Å². The van der Waals surface area contributed by atoms with Gasteiger partial charge >= 0.3 is 0 Å². The molecule has 0 amide bonds. The van der Waals surface area contributed by atoms with Crippen molar-refractivity contribution >= 4 is 11.0 Å². The molecule has 19 heavy (non-hydrogen) atoms. The molecule has 1 aromatic carbocycles. The molecule has 3 rings (SSSR count). The van der Waals surface area contributed by atoms with E-state index in [4.69, 9.17) is 10.2 Å². The molecule has 2 aromatic rings. The second kappa shape index (κ2) is 4.38. The first-order valence-electron chi connectivity index (χ1n) is 7.24. The van der Waals surface area contributed by atoms with E-state index in [1.807, 2.05) is 0 Å². The van der Waals surface area contributed by atoms with Crippen molar-refractivity contribution < 1.29 is 4.42 Å². The quantitative estimate of drug-likeness (QED) is 0.856. The van der Waals surface area contributed by atoms with Gasteiger partial charge in [-0.2, -0.15) is 0 Å². The maximum atomic E-state index is 6.50. The lowest BCUT2D eigenvalue weighted by molar-refractivity contribution is 0.208. The van der Waals surface area contributed by atoms with Crippen LogP contribution in [-0.2, 0) is 0 Å². The van der Waals surface area contributed by atoms with Gasteiger partial charge in [-0.25, -0.2) is 0 Å². The average Bonchev–Trinajstić information content (AvgIpc) is 2.92. The average molecular weight is 257 g/mol. The third-order valence-corrected chi connectivity index (χ3v) is 4.86. The Morgan fingerprint density at radius 3 is 2.79 bits per heavy atom. The Bertz CT molecular complexity index is 596. The molecular formula is C17H23NO. The van der Waals surface area contributed by atoms with Gasteiger partial charge in [0, 0.05) is 5.39 Å². The smallest absolute Gasteiger partial charge is 0.137 e. The Morgan fingerprint density at radius 1 is 1.37 bits per heavy atom. The Labute approximate surface area is 115 Å². The minimum absolute atomic E-state index is 0.0179. The summed E-state index contributed by atoms with van der Waals surface area (Å²) in [6, 6.07) is 8.40. The van der Waals surface area contributed by atoms with E-state index < -0.39 is 0 Å². The van der Waals surface area contributed by atoms with Crippen molar-refractivity contribution in [3.8, 4) is 0 Å². The Morgan fingerprint density at radius 2 is 2.16 bits per heavy atom. The van der Waals surface area contributed by atoms with Gasteiger partial charge in [0.05, 0.1) is 6.04 Å². The van der Waals surface area contributed by atoms with E-state index in [9.17, 15) is 0 Å². The zero-order valence-electron chi connectivity index (χ0n) is 12.1. The molecule has 1 fully saturated rings. The van der Waals surface area contributed by atoms with Crippen LogP contribution in [0.2, 0.25) is 0 Å². The summed E-state index contributed by atoms with van der Waals surface area (Å²) in [5.41, 5.74) is 8.99. The van der Waals surface area contributed by atoms with Crippen molar-refractivity contribution in [2.75, 3.05) is 0 Å². The fraction of sp³-hybridized carbons (Fsp3) is 0.529. The second-order valence-electron chi connectivity index (χ2n) is 6.66. The summed E-state index contributed by atoms with van der Waals surface area (Å²) in [5, 5.41) is 1.17. The van der Waals surface area contributed by atoms with Crippen LogP contribution >= 0.6 is 0 Å². The summed E-state index contributed by atoms with van der Waals surface area (Å²) in [6.45, 7) is 6.75. The number of rotatable bonds is 2. The highest BCUT2D eigenvalue weighted by atomic mass is 16.3. The minimum Gasteiger partial charge on any atom is -0.459 e. The lowest BCUT2D eigenvalue weighted by atomic mass is 9.77. The first-order valence-corrected chi connectivity index (χ1v) is 7.24. The van der Waals surface area contributed by atoms with E-state index in [-0.39, 0.29) is 6.04 Å². The third kappa shape index (κ3) is 2.08. The van der Waals surface area contributed by atoms with Crippen LogP contribution < -0.4 is 5.73 Å². The van der Waals surface area contributed by atoms with Crippen molar-refractivity contribution in [1.82, 2.24) is 0 Å². The molecule has 2 N–H and O–H groups in total. The Balaban J connectivity index is 1.98. The molecule has 1 aliphatic rings. The van der Waals surface area contributed by atoms with E-state index in [2.05, 4.69) is 45.0 Å². The Hall–Kier alpha value is -1.28. The number of para-hydroxylation sites is 1. The van der Waals surface area contributed by atoms with Gasteiger partial charge in [-0.15, -0.1) is 0 Å². The molecule has 102 valence electrons. The first kappa shape index (κ1) is 12.7. The summed E-state index contributed by atoms with van der Waals surface area (Å²) in [7, 11) is 0. The maximum Gasteiger partial charge on any atom is 0.137 e. The molecule has 2 unspecified atom stereocenters. The number of hydrogen-bond acceptors (Lipinski definition) is 2. The van der Waals surface area contributed by atoms with Crippen molar-refractivity contribution in [1.29, 1.82) is 0 Å². The number of aryl methyl sites for hydroxylation is 1. The molecule has 0 aliphatic heterocycles. The highest BCUT2D eigenvalue weighted by Crippen LogP contribution is 2.48. The molecule has 0 radical (unpaired) electrons. The monoisotopic (exact) mass is 257 g/mol. The van der Waals surface area contributed by atoms with Crippen molar-refractivity contribution in [3.05, 3.63) is 35.6 Å². The molecular weight excluding hydrogens is 234 g/mol. The molecule has 2 heteroatoms. The van der Waals surface area contributed by atoms with Gasteiger partial charge in [0.2, 0.25) is 0 Å². The van der Waals surface area contributed by atoms with E-state index in [1.54, 1.807) is 0 Å². The van der Waals surface area contributed by atoms with Gasteiger partial charge in [0.1, 0.15) is 11.3 Å². The highest BCUT2D eigenvalue weighted by molar-refractivity contribution is 5.81. The van der Waals surface area contributed by atoms with Crippen molar-refractivity contribution in [3.63, 3.8) is 0 Å². The standard InChI is InChI=1S/C17H23NO/c1-11-6-4-7-12-10-14(19-16(11)12)15(18)13-8-5-9-17(13,2)3/h4,6-7,10,13,15H,5,8-9,18H2,1-3H3. The SMILES string of the molecule is Cc1cccc2cc(C(N)C3CCCC3(C)C)oc12. The topological polar surface area (TPSA) is 39.2 Å². The van der Waals surface area contributed by atoms with Crippen LogP contribution in [0.5, 0.6) is 0 Å². The van der Waals surface area contributed by atoms with Gasteiger partial charge in [-0.1, -0.05) is 38.5 Å². The zero-order chi connectivity index (χ0) is 13.6. The van der Waals surface area contributed by atoms with Gasteiger partial charge in [0.25, 0.3) is 0 Å². The Kier molecular flexibility index (Phi) is 2.94. The summed E-state index contributed by atoms with van der Waals surface area (Å²) < 4.78 is 6.04. The lowest BCUT2D eigenvalue weighted by Gasteiger charge is -2.30. The number of benzene rings is 1. The maximum absolute atomic E-state index is 6.50. The minimum atomic E-state index is 0.0179. The number of nitrogens with two attached hydrogens (primary N) is 1. The van der Waals surface area contributed by atoms with Gasteiger partial charge in [-0.05, 0) is 42.7 Å². The van der Waals surface area contributed by atoms with Gasteiger partial charge in [-0.3, -0.25) is 0 Å². The molecule has 1 saturated carbocycles. The van der Waals surface area contributed by atoms with Crippen molar-refractivity contribution in [2.45, 2.75) is 46.1 Å². The van der Waals surface area contributed by atoms with Crippen LogP contribution in [0.15, 0.2) is 28.7 Å². The summed E-state index contributed by atoms with van der Waals surface area (Å²) in [4.78, 5) is 0. The lowest BCUT2D eigenvalue weighted by Crippen LogP contribution is -2.29. The number of hydrogen-bond donors (Lipinski definition) is 1. The van der Waals surface area contributed by atoms with Crippen LogP contribution in [0.4, 0.5) is 0 Å². The zero-order valence-corrected chi connectivity index (χ0v) is 12.1. The first-order chi connectivity index (χ1) is 8.99. The molecule has 2 atom stereocenters. The van der Waals surface area contributed by atoms with Crippen LogP contribution in [0.1, 0.15) is 50.5 Å². The normalized spacial score (nSPS) is 23.9. The predicted octanol–water partition coefficient (Wildman–Crippen LogP) is 4.57. The van der Waals surface area contributed by atoms with Gasteiger partial charge in [0.15, 0.2) is 0 Å². The number of furan rings is 1. The largest absolute Gasteiger partial charge is 0.459 e. The van der Waals surface area contributed by atoms with E-state index >= 15 is 0 Å². The summed E-state index contributed by atoms with van der Waals surface area (Å²) in [6.07, 6.45) is 3.76. The van der Waals surface area contributed by atoms with Crippen LogP contribution in [-0.4, -0.2) is 0 Å². The fourth-order valence-electron chi connectivity index (χ4n) is 3.61. The van der Waals surface area contributed by atoms with Gasteiger partial charge < -0.3 is 10.2 Å². The third-order valence-electron chi connectivity index (χ3n) is 4.86. The van der Waals surface area contributed by atoms with E-state index in [1.165, 1.54) is 30.2 Å². The molecule has 0 bridgehead atoms. The second-order valence-corrected chi connectivity index (χ2v) is 6.66. The molecule has 2 nitrogen and oxygen atoms in total. The molecule has 0 saturated heterocycles. The van der Waals surface area contributed by atoms with Crippen LogP contribution in [0.3, 0.4) is 0 Å².